The van der Waals surface area contributed by atoms with Gasteiger partial charge in [0.2, 0.25) is 0 Å². The summed E-state index contributed by atoms with van der Waals surface area (Å²) in [5.74, 6) is -0.640. The first-order valence-electron chi connectivity index (χ1n) is 7.23. The van der Waals surface area contributed by atoms with Gasteiger partial charge in [-0.15, -0.1) is 0 Å². The molecular weight excluding hydrogens is 322 g/mol. The second-order valence-corrected chi connectivity index (χ2v) is 7.58. The third kappa shape index (κ3) is 3.23. The van der Waals surface area contributed by atoms with Gasteiger partial charge in [-0.2, -0.15) is 13.1 Å². The quantitative estimate of drug-likeness (QED) is 0.336. The van der Waals surface area contributed by atoms with Crippen molar-refractivity contribution in [2.75, 3.05) is 6.61 Å². The lowest BCUT2D eigenvalue weighted by atomic mass is 9.50. The van der Waals surface area contributed by atoms with Gasteiger partial charge in [-0.3, -0.25) is 9.83 Å². The summed E-state index contributed by atoms with van der Waals surface area (Å²) in [6.45, 7) is -1.18. The summed E-state index contributed by atoms with van der Waals surface area (Å²) in [7, 11) is 0. The van der Waals surface area contributed by atoms with E-state index in [1.165, 1.54) is 0 Å². The molecule has 22 heavy (non-hydrogen) atoms. The number of rotatable bonds is 6. The van der Waals surface area contributed by atoms with Gasteiger partial charge in [-0.1, -0.05) is 0 Å². The zero-order chi connectivity index (χ0) is 16.0. The summed E-state index contributed by atoms with van der Waals surface area (Å²) in [6.07, 6.45) is 3.55. The fourth-order valence-electron chi connectivity index (χ4n) is 4.71. The first kappa shape index (κ1) is 16.4. The van der Waals surface area contributed by atoms with Crippen molar-refractivity contribution in [2.24, 2.45) is 23.7 Å². The van der Waals surface area contributed by atoms with Crippen molar-refractivity contribution in [2.45, 2.75) is 43.0 Å². The van der Waals surface area contributed by atoms with Crippen LogP contribution < -0.4 is 5.26 Å². The molecule has 0 radical (unpaired) electrons. The van der Waals surface area contributed by atoms with Crippen LogP contribution in [-0.4, -0.2) is 28.5 Å². The van der Waals surface area contributed by atoms with E-state index in [2.05, 4.69) is 9.37 Å². The first-order valence-corrected chi connectivity index (χ1v) is 7.97. The number of aliphatic hydroxyl groups is 1. The van der Waals surface area contributed by atoms with Gasteiger partial charge < -0.3 is 15.1 Å². The zero-order valence-electron chi connectivity index (χ0n) is 11.7. The second kappa shape index (κ2) is 5.86. The summed E-state index contributed by atoms with van der Waals surface area (Å²) in [6, 6.07) is 0. The third-order valence-electron chi connectivity index (χ3n) is 5.08. The zero-order valence-corrected chi connectivity index (χ0v) is 12.5. The van der Waals surface area contributed by atoms with E-state index in [9.17, 15) is 23.9 Å². The number of carbonyl (C=O) groups is 1. The SMILES string of the molecule is O=C(OCC(F)(F)SOO[O-])C1C2CC3CC1CC(O)(C3)C2. The normalized spacial score (nSPS) is 40.0. The van der Waals surface area contributed by atoms with Crippen LogP contribution in [0.25, 0.3) is 0 Å². The van der Waals surface area contributed by atoms with Gasteiger partial charge in [0.1, 0.15) is 12.0 Å². The van der Waals surface area contributed by atoms with E-state index in [1.54, 1.807) is 0 Å². The number of hydrogen-bond donors (Lipinski definition) is 1. The average molecular weight is 339 g/mol. The van der Waals surface area contributed by atoms with Gasteiger partial charge in [-0.25, -0.2) is 0 Å². The minimum atomic E-state index is -3.55. The van der Waals surface area contributed by atoms with Crippen LogP contribution in [0.3, 0.4) is 0 Å². The van der Waals surface area contributed by atoms with E-state index in [0.717, 1.165) is 19.3 Å². The Morgan fingerprint density at radius 3 is 2.50 bits per heavy atom. The van der Waals surface area contributed by atoms with Crippen LogP contribution in [0.15, 0.2) is 0 Å². The highest BCUT2D eigenvalue weighted by atomic mass is 32.2. The van der Waals surface area contributed by atoms with Gasteiger partial charge in [-0.05, 0) is 49.9 Å². The Bertz CT molecular complexity index is 432. The van der Waals surface area contributed by atoms with Gasteiger partial charge in [0, 0.05) is 0 Å². The highest BCUT2D eigenvalue weighted by molar-refractivity contribution is 7.95. The fourth-order valence-corrected chi connectivity index (χ4v) is 4.94. The molecular formula is C13H17F2O6S-. The van der Waals surface area contributed by atoms with Crippen LogP contribution in [0, 0.1) is 23.7 Å². The number of halogens is 2. The molecule has 0 aromatic heterocycles. The molecule has 126 valence electrons. The standard InChI is InChI=1S/C13H18F2O6S/c14-13(15,22-21-20-18)6-19-11(16)10-8-1-7-2-9(10)5-12(17,3-7)4-8/h7-10,17-18H,1-6H2/p-1. The van der Waals surface area contributed by atoms with E-state index in [0.29, 0.717) is 18.8 Å². The maximum atomic E-state index is 13.3. The Morgan fingerprint density at radius 2 is 1.95 bits per heavy atom. The van der Waals surface area contributed by atoms with E-state index < -0.39 is 41.4 Å². The molecule has 0 aliphatic heterocycles. The molecule has 4 bridgehead atoms. The lowest BCUT2D eigenvalue weighted by Gasteiger charge is -2.57. The number of esters is 1. The Hall–Kier alpha value is -0.480. The Kier molecular flexibility index (Phi) is 4.36. The fraction of sp³-hybridized carbons (Fsp3) is 0.923. The van der Waals surface area contributed by atoms with E-state index in [1.807, 2.05) is 0 Å². The topological polar surface area (TPSA) is 88.1 Å². The second-order valence-electron chi connectivity index (χ2n) is 6.68. The molecule has 1 N–H and O–H groups in total. The molecule has 4 saturated carbocycles. The maximum Gasteiger partial charge on any atom is 0.354 e. The monoisotopic (exact) mass is 339 g/mol. The number of carbonyl (C=O) groups excluding carboxylic acids is 1. The maximum absolute atomic E-state index is 13.3. The minimum Gasteiger partial charge on any atom is -0.691 e. The Morgan fingerprint density at radius 1 is 1.32 bits per heavy atom. The number of alkyl halides is 2. The van der Waals surface area contributed by atoms with Crippen molar-refractivity contribution in [3.63, 3.8) is 0 Å². The third-order valence-corrected chi connectivity index (χ3v) is 5.56. The molecule has 4 aliphatic carbocycles. The molecule has 0 amide bonds. The van der Waals surface area contributed by atoms with Gasteiger partial charge >= 0.3 is 11.2 Å². The lowest BCUT2D eigenvalue weighted by molar-refractivity contribution is -0.777. The molecule has 4 fully saturated rings. The molecule has 0 saturated heterocycles. The van der Waals surface area contributed by atoms with E-state index >= 15 is 0 Å². The van der Waals surface area contributed by atoms with Crippen molar-refractivity contribution >= 4 is 18.0 Å². The van der Waals surface area contributed by atoms with E-state index in [4.69, 9.17) is 4.74 Å². The van der Waals surface area contributed by atoms with E-state index in [-0.39, 0.29) is 11.8 Å². The highest BCUT2D eigenvalue weighted by Crippen LogP contribution is 2.58. The molecule has 4 rings (SSSR count). The molecule has 2 unspecified atom stereocenters. The molecule has 6 nitrogen and oxygen atoms in total. The van der Waals surface area contributed by atoms with Crippen molar-refractivity contribution in [1.82, 2.24) is 0 Å². The van der Waals surface area contributed by atoms with Crippen molar-refractivity contribution < 1.29 is 38.0 Å². The van der Waals surface area contributed by atoms with Crippen LogP contribution >= 0.6 is 12.0 Å². The summed E-state index contributed by atoms with van der Waals surface area (Å²) in [5, 5.41) is 19.3. The number of hydrogen-bond acceptors (Lipinski definition) is 7. The van der Waals surface area contributed by atoms with Crippen molar-refractivity contribution in [3.8, 4) is 0 Å². The molecule has 0 spiro atoms. The van der Waals surface area contributed by atoms with Crippen LogP contribution in [0.1, 0.15) is 32.1 Å². The van der Waals surface area contributed by atoms with Gasteiger partial charge in [0.05, 0.1) is 11.5 Å². The minimum absolute atomic E-state index is 0.00579. The average Bonchev–Trinajstić information content (AvgIpc) is 2.41. The first-order chi connectivity index (χ1) is 10.3. The van der Waals surface area contributed by atoms with Crippen molar-refractivity contribution in [3.05, 3.63) is 0 Å². The molecule has 0 aromatic rings. The predicted octanol–water partition coefficient (Wildman–Crippen LogP) is 1.18. The molecule has 0 heterocycles. The van der Waals surface area contributed by atoms with Gasteiger partial charge in [0.15, 0.2) is 6.61 Å². The smallest absolute Gasteiger partial charge is 0.354 e. The molecule has 4 aliphatic rings. The lowest BCUT2D eigenvalue weighted by Crippen LogP contribution is -2.56. The van der Waals surface area contributed by atoms with Crippen LogP contribution in [0.5, 0.6) is 0 Å². The molecule has 2 atom stereocenters. The Labute approximate surface area is 130 Å². The molecule has 0 aromatic carbocycles. The summed E-state index contributed by atoms with van der Waals surface area (Å²) in [4.78, 5) is 12.2. The summed E-state index contributed by atoms with van der Waals surface area (Å²) >= 11 is -0.490. The van der Waals surface area contributed by atoms with Crippen LogP contribution in [0.2, 0.25) is 0 Å². The number of ether oxygens (including phenoxy) is 1. The van der Waals surface area contributed by atoms with Crippen LogP contribution in [-0.2, 0) is 18.9 Å². The largest absolute Gasteiger partial charge is 0.691 e. The Balaban J connectivity index is 1.57. The summed E-state index contributed by atoms with van der Waals surface area (Å²) in [5.41, 5.74) is -0.688. The van der Waals surface area contributed by atoms with Gasteiger partial charge in [0.25, 0.3) is 0 Å². The summed E-state index contributed by atoms with van der Waals surface area (Å²) < 4.78 is 34.8. The highest BCUT2D eigenvalue weighted by Gasteiger charge is 2.57. The predicted molar refractivity (Wildman–Crippen MR) is 67.7 cm³/mol. The molecule has 9 heteroatoms. The van der Waals surface area contributed by atoms with Crippen LogP contribution in [0.4, 0.5) is 8.78 Å². The van der Waals surface area contributed by atoms with Crippen molar-refractivity contribution in [1.29, 1.82) is 0 Å².